The highest BCUT2D eigenvalue weighted by Crippen LogP contribution is 2.32. The van der Waals surface area contributed by atoms with E-state index in [1.807, 2.05) is 6.07 Å². The van der Waals surface area contributed by atoms with Crippen LogP contribution in [0.2, 0.25) is 0 Å². The molecule has 1 unspecified atom stereocenters. The van der Waals surface area contributed by atoms with Gasteiger partial charge in [0.25, 0.3) is 5.91 Å². The van der Waals surface area contributed by atoms with Gasteiger partial charge in [0, 0.05) is 22.6 Å². The zero-order valence-corrected chi connectivity index (χ0v) is 15.9. The predicted octanol–water partition coefficient (Wildman–Crippen LogP) is 1.27. The van der Waals surface area contributed by atoms with E-state index < -0.39 is 9.84 Å². The van der Waals surface area contributed by atoms with E-state index in [4.69, 9.17) is 9.15 Å². The summed E-state index contributed by atoms with van der Waals surface area (Å²) in [7, 11) is -3.05. The summed E-state index contributed by atoms with van der Waals surface area (Å²) in [6, 6.07) is 3.29. The van der Waals surface area contributed by atoms with Crippen molar-refractivity contribution in [3.05, 3.63) is 39.2 Å². The van der Waals surface area contributed by atoms with Crippen LogP contribution in [0.3, 0.4) is 0 Å². The van der Waals surface area contributed by atoms with E-state index in [9.17, 15) is 18.0 Å². The minimum atomic E-state index is -3.05. The molecule has 2 aromatic rings. The number of rotatable bonds is 4. The Morgan fingerprint density at radius 3 is 2.81 bits per heavy atom. The van der Waals surface area contributed by atoms with Gasteiger partial charge in [-0.1, -0.05) is 0 Å². The van der Waals surface area contributed by atoms with Crippen molar-refractivity contribution < 1.29 is 22.4 Å². The molecule has 0 saturated carbocycles. The summed E-state index contributed by atoms with van der Waals surface area (Å²) in [6.45, 7) is 1.57. The number of fused-ring (bicyclic) bond motifs is 3. The Morgan fingerprint density at radius 2 is 2.07 bits per heavy atom. The van der Waals surface area contributed by atoms with Crippen LogP contribution in [0.1, 0.15) is 29.5 Å². The maximum atomic E-state index is 12.2. The van der Waals surface area contributed by atoms with E-state index in [1.165, 1.54) is 0 Å². The SMILES string of the molecule is Cc1c(OCC(=O)NC2CCS(=O)(=O)C2)ccc2c3c(c(=O)oc12)CCC3. The summed E-state index contributed by atoms with van der Waals surface area (Å²) in [5, 5.41) is 3.61. The lowest BCUT2D eigenvalue weighted by atomic mass is 10.0. The maximum absolute atomic E-state index is 12.2. The lowest BCUT2D eigenvalue weighted by molar-refractivity contribution is -0.123. The van der Waals surface area contributed by atoms with Gasteiger partial charge in [0.2, 0.25) is 0 Å². The topological polar surface area (TPSA) is 103 Å². The van der Waals surface area contributed by atoms with Gasteiger partial charge in [-0.25, -0.2) is 13.2 Å². The first-order valence-corrected chi connectivity index (χ1v) is 10.9. The van der Waals surface area contributed by atoms with Gasteiger partial charge in [0.05, 0.1) is 11.5 Å². The highest BCUT2D eigenvalue weighted by Gasteiger charge is 2.29. The number of hydrogen-bond donors (Lipinski definition) is 1. The first-order valence-electron chi connectivity index (χ1n) is 9.05. The van der Waals surface area contributed by atoms with Crippen molar-refractivity contribution in [2.24, 2.45) is 0 Å². The van der Waals surface area contributed by atoms with E-state index in [1.54, 1.807) is 13.0 Å². The van der Waals surface area contributed by atoms with Crippen LogP contribution in [-0.2, 0) is 27.5 Å². The van der Waals surface area contributed by atoms with Crippen molar-refractivity contribution in [2.75, 3.05) is 18.1 Å². The molecule has 1 amide bonds. The minimum Gasteiger partial charge on any atom is -0.483 e. The number of carbonyl (C=O) groups excluding carboxylic acids is 1. The molecule has 7 nitrogen and oxygen atoms in total. The normalized spacial score (nSPS) is 20.6. The molecule has 2 heterocycles. The molecule has 8 heteroatoms. The number of aryl methyl sites for hydroxylation is 2. The van der Waals surface area contributed by atoms with Crippen molar-refractivity contribution in [2.45, 2.75) is 38.6 Å². The van der Waals surface area contributed by atoms with Crippen LogP contribution in [0.4, 0.5) is 0 Å². The fourth-order valence-corrected chi connectivity index (χ4v) is 5.61. The summed E-state index contributed by atoms with van der Waals surface area (Å²) in [5.41, 5.74) is 2.70. The highest BCUT2D eigenvalue weighted by molar-refractivity contribution is 7.91. The van der Waals surface area contributed by atoms with Crippen LogP contribution in [-0.4, -0.2) is 38.5 Å². The molecule has 144 valence electrons. The average molecular weight is 391 g/mol. The average Bonchev–Trinajstić information content (AvgIpc) is 3.22. The van der Waals surface area contributed by atoms with Crippen molar-refractivity contribution in [3.8, 4) is 5.75 Å². The Balaban J connectivity index is 1.50. The third kappa shape index (κ3) is 3.45. The third-order valence-electron chi connectivity index (χ3n) is 5.30. The van der Waals surface area contributed by atoms with E-state index >= 15 is 0 Å². The summed E-state index contributed by atoms with van der Waals surface area (Å²) in [6.07, 6.45) is 3.00. The van der Waals surface area contributed by atoms with Gasteiger partial charge < -0.3 is 14.5 Å². The monoisotopic (exact) mass is 391 g/mol. The lowest BCUT2D eigenvalue weighted by Gasteiger charge is -2.14. The smallest absolute Gasteiger partial charge is 0.339 e. The van der Waals surface area contributed by atoms with Crippen LogP contribution in [0.25, 0.3) is 11.0 Å². The van der Waals surface area contributed by atoms with Crippen LogP contribution in [0.5, 0.6) is 5.75 Å². The molecule has 27 heavy (non-hydrogen) atoms. The standard InChI is InChI=1S/C19H21NO6S/c1-11-16(25-9-17(21)20-12-7-8-27(23,24)10-12)6-5-14-13-3-2-4-15(13)19(22)26-18(11)14/h5-6,12H,2-4,7-10H2,1H3,(H,20,21). The second kappa shape index (κ2) is 6.67. The molecular weight excluding hydrogens is 370 g/mol. The lowest BCUT2D eigenvalue weighted by Crippen LogP contribution is -2.38. The van der Waals surface area contributed by atoms with Crippen LogP contribution in [0.15, 0.2) is 21.3 Å². The molecule has 1 N–H and O–H groups in total. The van der Waals surface area contributed by atoms with Gasteiger partial charge in [0.15, 0.2) is 16.4 Å². The van der Waals surface area contributed by atoms with Gasteiger partial charge in [-0.2, -0.15) is 0 Å². The Bertz CT molecular complexity index is 1090. The summed E-state index contributed by atoms with van der Waals surface area (Å²) < 4.78 is 34.0. The zero-order chi connectivity index (χ0) is 19.2. The molecule has 0 bridgehead atoms. The van der Waals surface area contributed by atoms with Crippen molar-refractivity contribution in [1.82, 2.24) is 5.32 Å². The molecule has 1 aromatic carbocycles. The molecular formula is C19H21NO6S. The van der Waals surface area contributed by atoms with Crippen LogP contribution < -0.4 is 15.7 Å². The molecule has 1 aromatic heterocycles. The molecule has 2 aliphatic rings. The summed E-state index contributed by atoms with van der Waals surface area (Å²) >= 11 is 0. The van der Waals surface area contributed by atoms with Gasteiger partial charge in [-0.3, -0.25) is 4.79 Å². The largest absolute Gasteiger partial charge is 0.483 e. The minimum absolute atomic E-state index is 0.0238. The van der Waals surface area contributed by atoms with Gasteiger partial charge >= 0.3 is 5.63 Å². The van der Waals surface area contributed by atoms with Crippen molar-refractivity contribution in [1.29, 1.82) is 0 Å². The molecule has 1 aliphatic carbocycles. The number of ether oxygens (including phenoxy) is 1. The Labute approximate surface area is 156 Å². The molecule has 1 saturated heterocycles. The number of nitrogens with one attached hydrogen (secondary N) is 1. The zero-order valence-electron chi connectivity index (χ0n) is 15.0. The fraction of sp³-hybridized carbons (Fsp3) is 0.474. The fourth-order valence-electron chi connectivity index (χ4n) is 3.94. The van der Waals surface area contributed by atoms with Gasteiger partial charge in [-0.05, 0) is 50.3 Å². The second-order valence-electron chi connectivity index (χ2n) is 7.22. The number of hydrogen-bond acceptors (Lipinski definition) is 6. The Hall–Kier alpha value is -2.35. The quantitative estimate of drug-likeness (QED) is 0.788. The molecule has 0 radical (unpaired) electrons. The number of sulfone groups is 1. The molecule has 1 fully saturated rings. The number of amides is 1. The number of carbonyl (C=O) groups is 1. The Morgan fingerprint density at radius 1 is 1.30 bits per heavy atom. The Kier molecular flexibility index (Phi) is 4.46. The van der Waals surface area contributed by atoms with Gasteiger partial charge in [-0.15, -0.1) is 0 Å². The predicted molar refractivity (Wildman–Crippen MR) is 99.9 cm³/mol. The van der Waals surface area contributed by atoms with E-state index in [-0.39, 0.29) is 35.7 Å². The van der Waals surface area contributed by atoms with Crippen molar-refractivity contribution in [3.63, 3.8) is 0 Å². The molecule has 4 rings (SSSR count). The van der Waals surface area contributed by atoms with E-state index in [2.05, 4.69) is 5.32 Å². The van der Waals surface area contributed by atoms with E-state index in [0.29, 0.717) is 23.3 Å². The molecule has 0 spiro atoms. The third-order valence-corrected chi connectivity index (χ3v) is 7.06. The molecule has 1 atom stereocenters. The first-order chi connectivity index (χ1) is 12.8. The highest BCUT2D eigenvalue weighted by atomic mass is 32.2. The van der Waals surface area contributed by atoms with Crippen LogP contribution >= 0.6 is 0 Å². The number of benzene rings is 1. The molecule has 1 aliphatic heterocycles. The first kappa shape index (κ1) is 18.0. The summed E-state index contributed by atoms with van der Waals surface area (Å²) in [5.74, 6) is 0.181. The van der Waals surface area contributed by atoms with Crippen molar-refractivity contribution >= 4 is 26.7 Å². The maximum Gasteiger partial charge on any atom is 0.339 e. The summed E-state index contributed by atoms with van der Waals surface area (Å²) in [4.78, 5) is 24.2. The van der Waals surface area contributed by atoms with Gasteiger partial charge in [0.1, 0.15) is 11.3 Å². The van der Waals surface area contributed by atoms with E-state index in [0.717, 1.165) is 35.8 Å². The van der Waals surface area contributed by atoms with Crippen LogP contribution in [0, 0.1) is 6.92 Å². The second-order valence-corrected chi connectivity index (χ2v) is 9.45.